The number of hydrogen-bond donors (Lipinski definition) is 1. The molecule has 1 N–H and O–H groups in total. The number of aliphatic hydroxyl groups is 1. The molecule has 1 aromatic carbocycles. The molecule has 0 heterocycles. The Morgan fingerprint density at radius 2 is 1.95 bits per heavy atom. The Labute approximate surface area is 123 Å². The monoisotopic (exact) mass is 276 g/mol. The second-order valence-corrected chi connectivity index (χ2v) is 7.29. The molecule has 0 saturated heterocycles. The first-order chi connectivity index (χ1) is 9.29. The molecule has 2 unspecified atom stereocenters. The molecule has 2 nitrogen and oxygen atoms in total. The SMILES string of the molecule is COc1ccc(C)cc1C1(O)CCCCC1C(C)(C)C. The van der Waals surface area contributed by atoms with Gasteiger partial charge >= 0.3 is 0 Å². The van der Waals surface area contributed by atoms with Crippen molar-refractivity contribution < 1.29 is 9.84 Å². The summed E-state index contributed by atoms with van der Waals surface area (Å²) in [6, 6.07) is 6.13. The van der Waals surface area contributed by atoms with E-state index >= 15 is 0 Å². The highest BCUT2D eigenvalue weighted by Crippen LogP contribution is 2.51. The van der Waals surface area contributed by atoms with Crippen LogP contribution in [0.25, 0.3) is 0 Å². The van der Waals surface area contributed by atoms with Crippen LogP contribution < -0.4 is 4.74 Å². The van der Waals surface area contributed by atoms with Crippen molar-refractivity contribution in [1.82, 2.24) is 0 Å². The van der Waals surface area contributed by atoms with Gasteiger partial charge in [0, 0.05) is 5.56 Å². The van der Waals surface area contributed by atoms with Crippen molar-refractivity contribution in [3.8, 4) is 5.75 Å². The summed E-state index contributed by atoms with van der Waals surface area (Å²) in [5.41, 5.74) is 1.46. The van der Waals surface area contributed by atoms with E-state index in [1.807, 2.05) is 12.1 Å². The minimum absolute atomic E-state index is 0.0872. The van der Waals surface area contributed by atoms with Crippen LogP contribution in [0.1, 0.15) is 57.6 Å². The summed E-state index contributed by atoms with van der Waals surface area (Å²) >= 11 is 0. The maximum Gasteiger partial charge on any atom is 0.124 e. The molecular weight excluding hydrogens is 248 g/mol. The topological polar surface area (TPSA) is 29.5 Å². The van der Waals surface area contributed by atoms with Gasteiger partial charge in [-0.15, -0.1) is 0 Å². The van der Waals surface area contributed by atoms with Crippen molar-refractivity contribution in [2.75, 3.05) is 7.11 Å². The quantitative estimate of drug-likeness (QED) is 0.866. The zero-order valence-corrected chi connectivity index (χ0v) is 13.5. The maximum atomic E-state index is 11.5. The van der Waals surface area contributed by atoms with Crippen LogP contribution in [0.3, 0.4) is 0 Å². The molecule has 0 radical (unpaired) electrons. The van der Waals surface area contributed by atoms with E-state index in [2.05, 4.69) is 33.8 Å². The summed E-state index contributed by atoms with van der Waals surface area (Å²) in [7, 11) is 1.69. The lowest BCUT2D eigenvalue weighted by molar-refractivity contribution is -0.0970. The summed E-state index contributed by atoms with van der Waals surface area (Å²) in [5, 5.41) is 11.5. The van der Waals surface area contributed by atoms with Gasteiger partial charge in [-0.25, -0.2) is 0 Å². The predicted octanol–water partition coefficient (Wildman–Crippen LogP) is 4.43. The Morgan fingerprint density at radius 3 is 2.55 bits per heavy atom. The van der Waals surface area contributed by atoms with Crippen LogP contribution in [0.2, 0.25) is 0 Å². The van der Waals surface area contributed by atoms with E-state index < -0.39 is 5.60 Å². The predicted molar refractivity (Wildman–Crippen MR) is 83.0 cm³/mol. The normalized spacial score (nSPS) is 27.4. The molecule has 0 amide bonds. The fraction of sp³-hybridized carbons (Fsp3) is 0.667. The number of benzene rings is 1. The van der Waals surface area contributed by atoms with Crippen LogP contribution in [0.4, 0.5) is 0 Å². The molecule has 0 aromatic heterocycles. The first-order valence-corrected chi connectivity index (χ1v) is 7.66. The summed E-state index contributed by atoms with van der Waals surface area (Å²) < 4.78 is 5.52. The molecule has 0 bridgehead atoms. The molecule has 1 saturated carbocycles. The molecule has 0 spiro atoms. The number of aryl methyl sites for hydroxylation is 1. The lowest BCUT2D eigenvalue weighted by Crippen LogP contribution is -2.44. The van der Waals surface area contributed by atoms with Crippen LogP contribution in [0.5, 0.6) is 5.75 Å². The molecule has 20 heavy (non-hydrogen) atoms. The van der Waals surface area contributed by atoms with Gasteiger partial charge in [0.05, 0.1) is 12.7 Å². The van der Waals surface area contributed by atoms with E-state index in [4.69, 9.17) is 4.74 Å². The summed E-state index contributed by atoms with van der Waals surface area (Å²) in [6.45, 7) is 8.77. The smallest absolute Gasteiger partial charge is 0.124 e. The molecule has 0 aliphatic heterocycles. The van der Waals surface area contributed by atoms with E-state index in [1.54, 1.807) is 7.11 Å². The second kappa shape index (κ2) is 5.40. The molecule has 1 aromatic rings. The Kier molecular flexibility index (Phi) is 4.15. The fourth-order valence-corrected chi connectivity index (χ4v) is 3.79. The van der Waals surface area contributed by atoms with Gasteiger partial charge in [-0.1, -0.05) is 45.2 Å². The van der Waals surface area contributed by atoms with Crippen molar-refractivity contribution in [3.63, 3.8) is 0 Å². The maximum absolute atomic E-state index is 11.5. The average Bonchev–Trinajstić information content (AvgIpc) is 2.38. The Morgan fingerprint density at radius 1 is 1.25 bits per heavy atom. The zero-order chi connectivity index (χ0) is 15.0. The van der Waals surface area contributed by atoms with Crippen molar-refractivity contribution in [1.29, 1.82) is 0 Å². The summed E-state index contributed by atoms with van der Waals surface area (Å²) in [5.74, 6) is 1.08. The highest BCUT2D eigenvalue weighted by Gasteiger charge is 2.47. The zero-order valence-electron chi connectivity index (χ0n) is 13.5. The summed E-state index contributed by atoms with van der Waals surface area (Å²) in [4.78, 5) is 0. The number of hydrogen-bond acceptors (Lipinski definition) is 2. The lowest BCUT2D eigenvalue weighted by atomic mass is 9.61. The van der Waals surface area contributed by atoms with Gasteiger partial charge < -0.3 is 9.84 Å². The Balaban J connectivity index is 2.53. The third-order valence-corrected chi connectivity index (χ3v) is 4.74. The Bertz CT molecular complexity index is 473. The van der Waals surface area contributed by atoms with Gasteiger partial charge in [0.2, 0.25) is 0 Å². The number of methoxy groups -OCH3 is 1. The average molecular weight is 276 g/mol. The third-order valence-electron chi connectivity index (χ3n) is 4.74. The van der Waals surface area contributed by atoms with Crippen LogP contribution in [-0.4, -0.2) is 12.2 Å². The van der Waals surface area contributed by atoms with Crippen LogP contribution in [0.15, 0.2) is 18.2 Å². The Hall–Kier alpha value is -1.02. The van der Waals surface area contributed by atoms with E-state index in [1.165, 1.54) is 12.0 Å². The first kappa shape index (κ1) is 15.4. The molecule has 1 aliphatic carbocycles. The number of ether oxygens (including phenoxy) is 1. The highest BCUT2D eigenvalue weighted by molar-refractivity contribution is 5.42. The van der Waals surface area contributed by atoms with E-state index in [-0.39, 0.29) is 11.3 Å². The van der Waals surface area contributed by atoms with Crippen molar-refractivity contribution >= 4 is 0 Å². The minimum Gasteiger partial charge on any atom is -0.496 e. The lowest BCUT2D eigenvalue weighted by Gasteiger charge is -2.47. The van der Waals surface area contributed by atoms with Gasteiger partial charge in [0.25, 0.3) is 0 Å². The minimum atomic E-state index is -0.770. The molecular formula is C18H28O2. The molecule has 2 heteroatoms. The number of rotatable bonds is 2. The van der Waals surface area contributed by atoms with E-state index in [0.717, 1.165) is 30.6 Å². The molecule has 2 atom stereocenters. The molecule has 2 rings (SSSR count). The van der Waals surface area contributed by atoms with Gasteiger partial charge in [0.15, 0.2) is 0 Å². The fourth-order valence-electron chi connectivity index (χ4n) is 3.79. The van der Waals surface area contributed by atoms with Crippen molar-refractivity contribution in [3.05, 3.63) is 29.3 Å². The first-order valence-electron chi connectivity index (χ1n) is 7.66. The van der Waals surface area contributed by atoms with E-state index in [9.17, 15) is 5.11 Å². The van der Waals surface area contributed by atoms with Crippen LogP contribution in [-0.2, 0) is 5.60 Å². The standard InChI is InChI=1S/C18H28O2/c1-13-9-10-15(20-5)14(12-13)18(19)11-7-6-8-16(18)17(2,3)4/h9-10,12,16,19H,6-8,11H2,1-5H3. The second-order valence-electron chi connectivity index (χ2n) is 7.29. The largest absolute Gasteiger partial charge is 0.496 e. The van der Waals surface area contributed by atoms with Gasteiger partial charge in [-0.3, -0.25) is 0 Å². The molecule has 112 valence electrons. The van der Waals surface area contributed by atoms with Crippen molar-refractivity contribution in [2.24, 2.45) is 11.3 Å². The van der Waals surface area contributed by atoms with Crippen molar-refractivity contribution in [2.45, 2.75) is 59.0 Å². The van der Waals surface area contributed by atoms with Gasteiger partial charge in [-0.05, 0) is 43.2 Å². The van der Waals surface area contributed by atoms with Gasteiger partial charge in [-0.2, -0.15) is 0 Å². The van der Waals surface area contributed by atoms with Crippen LogP contribution in [0, 0.1) is 18.3 Å². The molecule has 1 aliphatic rings. The van der Waals surface area contributed by atoms with Crippen LogP contribution >= 0.6 is 0 Å². The summed E-state index contributed by atoms with van der Waals surface area (Å²) in [6.07, 6.45) is 4.20. The molecule has 1 fully saturated rings. The third kappa shape index (κ3) is 2.71. The highest BCUT2D eigenvalue weighted by atomic mass is 16.5. The van der Waals surface area contributed by atoms with Gasteiger partial charge in [0.1, 0.15) is 5.75 Å². The van der Waals surface area contributed by atoms with E-state index in [0.29, 0.717) is 0 Å².